The van der Waals surface area contributed by atoms with Crippen molar-refractivity contribution >= 4 is 5.78 Å². The molecular formula is C14H14F2N2O. The summed E-state index contributed by atoms with van der Waals surface area (Å²) < 4.78 is 28.3. The zero-order chi connectivity index (χ0) is 13.8. The van der Waals surface area contributed by atoms with Crippen LogP contribution in [0.3, 0.4) is 0 Å². The van der Waals surface area contributed by atoms with Crippen LogP contribution in [-0.4, -0.2) is 15.3 Å². The Kier molecular flexibility index (Phi) is 4.04. The maximum atomic E-state index is 13.5. The van der Waals surface area contributed by atoms with Gasteiger partial charge in [-0.3, -0.25) is 4.79 Å². The van der Waals surface area contributed by atoms with Crippen LogP contribution in [-0.2, 0) is 13.0 Å². The molecule has 0 radical (unpaired) electrons. The highest BCUT2D eigenvalue weighted by Crippen LogP contribution is 2.14. The molecule has 2 rings (SSSR count). The van der Waals surface area contributed by atoms with Crippen molar-refractivity contribution in [1.29, 1.82) is 0 Å². The van der Waals surface area contributed by atoms with Gasteiger partial charge in [0.25, 0.3) is 0 Å². The summed E-state index contributed by atoms with van der Waals surface area (Å²) in [7, 11) is 0. The molecule has 0 amide bonds. The first-order valence-electron chi connectivity index (χ1n) is 6.10. The van der Waals surface area contributed by atoms with E-state index in [4.69, 9.17) is 0 Å². The third kappa shape index (κ3) is 2.86. The Morgan fingerprint density at radius 1 is 1.37 bits per heavy atom. The zero-order valence-electron chi connectivity index (χ0n) is 10.6. The Bertz CT molecular complexity index is 593. The number of ketones is 1. The fourth-order valence-electron chi connectivity index (χ4n) is 1.92. The van der Waals surface area contributed by atoms with Gasteiger partial charge < -0.3 is 4.57 Å². The average molecular weight is 264 g/mol. The van der Waals surface area contributed by atoms with Gasteiger partial charge in [-0.05, 0) is 18.1 Å². The topological polar surface area (TPSA) is 34.9 Å². The minimum Gasteiger partial charge on any atom is -0.329 e. The van der Waals surface area contributed by atoms with Gasteiger partial charge in [-0.2, -0.15) is 0 Å². The Morgan fingerprint density at radius 2 is 2.16 bits per heavy atom. The fraction of sp³-hybridized carbons (Fsp3) is 0.286. The Hall–Kier alpha value is -2.04. The summed E-state index contributed by atoms with van der Waals surface area (Å²) in [6, 6.07) is 3.82. The summed E-state index contributed by atoms with van der Waals surface area (Å²) in [6.07, 6.45) is 3.92. The zero-order valence-corrected chi connectivity index (χ0v) is 10.6. The summed E-state index contributed by atoms with van der Waals surface area (Å²) in [5.74, 6) is -1.94. The predicted octanol–water partition coefficient (Wildman–Crippen LogP) is 3.00. The van der Waals surface area contributed by atoms with E-state index in [2.05, 4.69) is 4.98 Å². The number of hydrogen-bond donors (Lipinski definition) is 0. The predicted molar refractivity (Wildman–Crippen MR) is 66.9 cm³/mol. The second kappa shape index (κ2) is 5.73. The molecule has 0 aliphatic heterocycles. The molecule has 0 N–H and O–H groups in total. The molecule has 0 unspecified atom stereocenters. The molecule has 3 nitrogen and oxygen atoms in total. The lowest BCUT2D eigenvalue weighted by Gasteiger charge is -2.06. The molecule has 0 bridgehead atoms. The van der Waals surface area contributed by atoms with Gasteiger partial charge in [0.15, 0.2) is 17.5 Å². The van der Waals surface area contributed by atoms with Crippen molar-refractivity contribution in [2.24, 2.45) is 0 Å². The average Bonchev–Trinajstić information content (AvgIpc) is 2.84. The lowest BCUT2D eigenvalue weighted by molar-refractivity contribution is 0.0977. The molecule has 1 heterocycles. The molecule has 0 saturated heterocycles. The summed E-state index contributed by atoms with van der Waals surface area (Å²) in [5.41, 5.74) is 0.0519. The third-order valence-electron chi connectivity index (χ3n) is 2.81. The lowest BCUT2D eigenvalue weighted by atomic mass is 10.1. The number of hydrogen-bond acceptors (Lipinski definition) is 2. The second-order valence-corrected chi connectivity index (χ2v) is 4.26. The first-order valence-corrected chi connectivity index (χ1v) is 6.10. The van der Waals surface area contributed by atoms with E-state index in [9.17, 15) is 13.6 Å². The van der Waals surface area contributed by atoms with E-state index in [-0.39, 0.29) is 23.6 Å². The number of imidazole rings is 1. The van der Waals surface area contributed by atoms with E-state index >= 15 is 0 Å². The molecule has 1 aromatic carbocycles. The number of aromatic nitrogens is 2. The summed E-state index contributed by atoms with van der Waals surface area (Å²) in [4.78, 5) is 16.0. The second-order valence-electron chi connectivity index (χ2n) is 4.26. The van der Waals surface area contributed by atoms with Crippen LogP contribution in [0.5, 0.6) is 0 Å². The quantitative estimate of drug-likeness (QED) is 0.778. The van der Waals surface area contributed by atoms with Crippen LogP contribution in [0.15, 0.2) is 30.6 Å². The molecule has 0 fully saturated rings. The van der Waals surface area contributed by atoms with Crippen molar-refractivity contribution in [3.63, 3.8) is 0 Å². The van der Waals surface area contributed by atoms with Gasteiger partial charge in [0.1, 0.15) is 0 Å². The van der Waals surface area contributed by atoms with E-state index < -0.39 is 11.6 Å². The highest BCUT2D eigenvalue weighted by Gasteiger charge is 2.16. The summed E-state index contributed by atoms with van der Waals surface area (Å²) >= 11 is 0. The van der Waals surface area contributed by atoms with Crippen molar-refractivity contribution in [3.8, 4) is 0 Å². The lowest BCUT2D eigenvalue weighted by Crippen LogP contribution is -2.13. The van der Waals surface area contributed by atoms with E-state index in [1.807, 2.05) is 6.92 Å². The van der Waals surface area contributed by atoms with E-state index in [1.54, 1.807) is 10.8 Å². The number of benzene rings is 1. The molecule has 0 atom stereocenters. The first kappa shape index (κ1) is 13.4. The smallest absolute Gasteiger partial charge is 0.202 e. The van der Waals surface area contributed by atoms with Crippen LogP contribution in [0, 0.1) is 11.6 Å². The Labute approximate surface area is 109 Å². The van der Waals surface area contributed by atoms with Crippen LogP contribution >= 0.6 is 0 Å². The van der Waals surface area contributed by atoms with E-state index in [0.717, 1.165) is 12.5 Å². The molecule has 5 heteroatoms. The number of rotatable bonds is 5. The molecule has 0 spiro atoms. The van der Waals surface area contributed by atoms with E-state index in [1.165, 1.54) is 18.3 Å². The molecule has 100 valence electrons. The number of carbonyl (C=O) groups is 1. The number of Topliss-reactive ketones (excluding diaryl/α,β-unsaturated/α-hetero) is 1. The molecule has 0 aliphatic rings. The minimum absolute atomic E-state index is 0.0519. The molecule has 1 aromatic heterocycles. The van der Waals surface area contributed by atoms with Crippen molar-refractivity contribution in [2.75, 3.05) is 0 Å². The molecule has 19 heavy (non-hydrogen) atoms. The van der Waals surface area contributed by atoms with Gasteiger partial charge in [-0.1, -0.05) is 19.1 Å². The Balaban J connectivity index is 2.21. The largest absolute Gasteiger partial charge is 0.329 e. The monoisotopic (exact) mass is 264 g/mol. The van der Waals surface area contributed by atoms with Gasteiger partial charge in [0.05, 0.1) is 0 Å². The number of halogens is 2. The van der Waals surface area contributed by atoms with Crippen LogP contribution < -0.4 is 0 Å². The number of carbonyl (C=O) groups excluding carboxylic acids is 1. The van der Waals surface area contributed by atoms with Crippen molar-refractivity contribution < 1.29 is 13.6 Å². The molecule has 0 saturated carbocycles. The van der Waals surface area contributed by atoms with Crippen molar-refractivity contribution in [3.05, 3.63) is 53.6 Å². The molecule has 0 aliphatic carbocycles. The molecular weight excluding hydrogens is 250 g/mol. The van der Waals surface area contributed by atoms with Crippen LogP contribution in [0.2, 0.25) is 0 Å². The SMILES string of the molecule is CCCn1ccnc1C(=O)Cc1cccc(F)c1F. The first-order chi connectivity index (χ1) is 9.13. The number of aryl methyl sites for hydroxylation is 1. The highest BCUT2D eigenvalue weighted by atomic mass is 19.2. The standard InChI is InChI=1S/C14H14F2N2O/c1-2-7-18-8-6-17-14(18)12(19)9-10-4-3-5-11(15)13(10)16/h3-6,8H,2,7,9H2,1H3. The normalized spacial score (nSPS) is 10.7. The Morgan fingerprint density at radius 3 is 2.89 bits per heavy atom. The fourth-order valence-corrected chi connectivity index (χ4v) is 1.92. The minimum atomic E-state index is -0.968. The van der Waals surface area contributed by atoms with Crippen LogP contribution in [0.1, 0.15) is 29.5 Å². The summed E-state index contributed by atoms with van der Waals surface area (Å²) in [5, 5.41) is 0. The highest BCUT2D eigenvalue weighted by molar-refractivity contribution is 5.94. The maximum absolute atomic E-state index is 13.5. The van der Waals surface area contributed by atoms with Gasteiger partial charge in [-0.15, -0.1) is 0 Å². The third-order valence-corrected chi connectivity index (χ3v) is 2.81. The maximum Gasteiger partial charge on any atom is 0.202 e. The van der Waals surface area contributed by atoms with Crippen LogP contribution in [0.4, 0.5) is 8.78 Å². The van der Waals surface area contributed by atoms with Gasteiger partial charge in [-0.25, -0.2) is 13.8 Å². The number of nitrogens with zero attached hydrogens (tertiary/aromatic N) is 2. The van der Waals surface area contributed by atoms with E-state index in [0.29, 0.717) is 6.54 Å². The van der Waals surface area contributed by atoms with Crippen LogP contribution in [0.25, 0.3) is 0 Å². The van der Waals surface area contributed by atoms with Gasteiger partial charge in [0, 0.05) is 25.4 Å². The molecule has 2 aromatic rings. The van der Waals surface area contributed by atoms with Gasteiger partial charge in [0.2, 0.25) is 5.78 Å². The van der Waals surface area contributed by atoms with Gasteiger partial charge >= 0.3 is 0 Å². The summed E-state index contributed by atoms with van der Waals surface area (Å²) in [6.45, 7) is 2.66. The van der Waals surface area contributed by atoms with Crippen molar-refractivity contribution in [2.45, 2.75) is 26.3 Å². The van der Waals surface area contributed by atoms with Crippen molar-refractivity contribution in [1.82, 2.24) is 9.55 Å².